The van der Waals surface area contributed by atoms with E-state index in [-0.39, 0.29) is 9.08 Å². The topological polar surface area (TPSA) is 43.1 Å². The van der Waals surface area contributed by atoms with Crippen molar-refractivity contribution in [2.45, 2.75) is 37.4 Å². The molecule has 0 bridgehead atoms. The maximum Gasteiger partial charge on any atom is 0.239 e. The van der Waals surface area contributed by atoms with Crippen molar-refractivity contribution >= 4 is 11.9 Å². The van der Waals surface area contributed by atoms with Crippen LogP contribution >= 0.6 is 11.9 Å². The fourth-order valence-corrected chi connectivity index (χ4v) is 2.60. The van der Waals surface area contributed by atoms with Gasteiger partial charge in [0.2, 0.25) is 11.9 Å². The maximum absolute atomic E-state index is 10.4. The SMILES string of the molecule is C=C(C)C1(S[N+](=O)[O-])CCCC1. The van der Waals surface area contributed by atoms with Crippen LogP contribution in [-0.2, 0) is 0 Å². The van der Waals surface area contributed by atoms with Crippen molar-refractivity contribution in [3.8, 4) is 0 Å². The molecule has 0 aromatic heterocycles. The molecule has 0 amide bonds. The van der Waals surface area contributed by atoms with Crippen molar-refractivity contribution < 1.29 is 4.33 Å². The van der Waals surface area contributed by atoms with Gasteiger partial charge in [-0.25, -0.2) is 0 Å². The van der Waals surface area contributed by atoms with Crippen LogP contribution in [-0.4, -0.2) is 9.08 Å². The molecule has 1 rings (SSSR count). The standard InChI is InChI=1S/C8H13NO2S/c1-7(2)8(12-9(10)11)5-3-4-6-8/h1,3-6H2,2H3. The Balaban J connectivity index is 2.72. The van der Waals surface area contributed by atoms with Crippen LogP contribution in [0.5, 0.6) is 0 Å². The summed E-state index contributed by atoms with van der Waals surface area (Å²) in [6, 6.07) is 0. The van der Waals surface area contributed by atoms with Crippen LogP contribution in [0.2, 0.25) is 0 Å². The molecule has 0 N–H and O–H groups in total. The third-order valence-corrected chi connectivity index (χ3v) is 3.69. The van der Waals surface area contributed by atoms with Crippen molar-refractivity contribution in [3.63, 3.8) is 0 Å². The molecule has 3 nitrogen and oxygen atoms in total. The second kappa shape index (κ2) is 3.47. The Bertz CT molecular complexity index is 209. The summed E-state index contributed by atoms with van der Waals surface area (Å²) in [6.45, 7) is 5.73. The Hall–Kier alpha value is -0.510. The summed E-state index contributed by atoms with van der Waals surface area (Å²) in [5.74, 6) is 0. The van der Waals surface area contributed by atoms with E-state index < -0.39 is 0 Å². The van der Waals surface area contributed by atoms with Gasteiger partial charge in [0, 0.05) is 0 Å². The maximum atomic E-state index is 10.4. The number of hydrogen-bond donors (Lipinski definition) is 0. The lowest BCUT2D eigenvalue weighted by Gasteiger charge is -2.21. The van der Waals surface area contributed by atoms with Crippen LogP contribution in [0.1, 0.15) is 32.6 Å². The molecular weight excluding hydrogens is 174 g/mol. The summed E-state index contributed by atoms with van der Waals surface area (Å²) in [6.07, 6.45) is 4.00. The second-order valence-corrected chi connectivity index (χ2v) is 4.56. The van der Waals surface area contributed by atoms with Gasteiger partial charge in [0.1, 0.15) is 9.08 Å². The highest BCUT2D eigenvalue weighted by atomic mass is 32.2. The minimum Gasteiger partial charge on any atom is -0.251 e. The van der Waals surface area contributed by atoms with Crippen LogP contribution in [0.3, 0.4) is 0 Å². The van der Waals surface area contributed by atoms with E-state index in [1.54, 1.807) is 0 Å². The fourth-order valence-electron chi connectivity index (χ4n) is 1.68. The zero-order valence-electron chi connectivity index (χ0n) is 7.21. The summed E-state index contributed by atoms with van der Waals surface area (Å²) in [7, 11) is 0. The van der Waals surface area contributed by atoms with Crippen molar-refractivity contribution in [1.82, 2.24) is 0 Å². The van der Waals surface area contributed by atoms with Crippen LogP contribution in [0.15, 0.2) is 12.2 Å². The average Bonchev–Trinajstić information content (AvgIpc) is 2.35. The molecule has 0 heterocycles. The quantitative estimate of drug-likeness (QED) is 0.295. The van der Waals surface area contributed by atoms with Gasteiger partial charge in [0.05, 0.1) is 0 Å². The first-order valence-corrected chi connectivity index (χ1v) is 4.84. The Morgan fingerprint density at radius 1 is 1.58 bits per heavy atom. The molecule has 0 saturated heterocycles. The smallest absolute Gasteiger partial charge is 0.239 e. The van der Waals surface area contributed by atoms with Gasteiger partial charge >= 0.3 is 0 Å². The largest absolute Gasteiger partial charge is 0.251 e. The van der Waals surface area contributed by atoms with Gasteiger partial charge in [-0.3, -0.25) is 10.1 Å². The first-order chi connectivity index (χ1) is 5.57. The summed E-state index contributed by atoms with van der Waals surface area (Å²) in [5, 5.41) is 10.4. The predicted octanol–water partition coefficient (Wildman–Crippen LogP) is 2.80. The predicted molar refractivity (Wildman–Crippen MR) is 50.6 cm³/mol. The lowest BCUT2D eigenvalue weighted by Crippen LogP contribution is -2.23. The Morgan fingerprint density at radius 2 is 2.08 bits per heavy atom. The highest BCUT2D eigenvalue weighted by molar-refractivity contribution is 7.95. The highest BCUT2D eigenvalue weighted by Gasteiger charge is 2.42. The Kier molecular flexibility index (Phi) is 2.77. The van der Waals surface area contributed by atoms with E-state index in [9.17, 15) is 10.1 Å². The molecule has 0 aromatic rings. The second-order valence-electron chi connectivity index (χ2n) is 3.30. The molecule has 68 valence electrons. The average molecular weight is 187 g/mol. The van der Waals surface area contributed by atoms with Crippen LogP contribution < -0.4 is 0 Å². The third-order valence-electron chi connectivity index (χ3n) is 2.44. The van der Waals surface area contributed by atoms with Gasteiger partial charge in [-0.05, 0) is 19.8 Å². The Labute approximate surface area is 76.5 Å². The molecule has 0 unspecified atom stereocenters. The summed E-state index contributed by atoms with van der Waals surface area (Å²) >= 11 is 0.840. The Morgan fingerprint density at radius 3 is 2.42 bits per heavy atom. The van der Waals surface area contributed by atoms with E-state index >= 15 is 0 Å². The zero-order chi connectivity index (χ0) is 9.19. The van der Waals surface area contributed by atoms with Gasteiger partial charge in [-0.1, -0.05) is 25.0 Å². The molecule has 1 fully saturated rings. The number of hydrogen-bond acceptors (Lipinski definition) is 3. The molecule has 0 atom stereocenters. The summed E-state index contributed by atoms with van der Waals surface area (Å²) in [4.78, 5) is 10.4. The van der Waals surface area contributed by atoms with Crippen molar-refractivity contribution in [2.75, 3.05) is 0 Å². The number of nitrogens with zero attached hydrogens (tertiary/aromatic N) is 1. The third kappa shape index (κ3) is 1.80. The molecule has 12 heavy (non-hydrogen) atoms. The molecular formula is C8H13NO2S. The molecule has 4 heteroatoms. The summed E-state index contributed by atoms with van der Waals surface area (Å²) < 4.78 is -0.552. The van der Waals surface area contributed by atoms with E-state index in [1.165, 1.54) is 0 Å². The van der Waals surface area contributed by atoms with Gasteiger partial charge in [-0.15, -0.1) is 0 Å². The zero-order valence-corrected chi connectivity index (χ0v) is 8.02. The highest BCUT2D eigenvalue weighted by Crippen LogP contribution is 2.46. The molecule has 1 saturated carbocycles. The molecule has 0 aromatic carbocycles. The van der Waals surface area contributed by atoms with Gasteiger partial charge < -0.3 is 0 Å². The molecule has 1 aliphatic rings. The van der Waals surface area contributed by atoms with Gasteiger partial charge in [0.15, 0.2) is 0 Å². The lowest BCUT2D eigenvalue weighted by atomic mass is 9.99. The van der Waals surface area contributed by atoms with E-state index in [0.717, 1.165) is 43.2 Å². The van der Waals surface area contributed by atoms with Gasteiger partial charge in [0.25, 0.3) is 0 Å². The molecule has 0 radical (unpaired) electrons. The number of rotatable bonds is 3. The molecule has 0 spiro atoms. The van der Waals surface area contributed by atoms with E-state index in [0.29, 0.717) is 0 Å². The van der Waals surface area contributed by atoms with E-state index in [4.69, 9.17) is 0 Å². The minimum atomic E-state index is -0.292. The van der Waals surface area contributed by atoms with Gasteiger partial charge in [-0.2, -0.15) is 0 Å². The number of nitro groups is 1. The van der Waals surface area contributed by atoms with Crippen LogP contribution in [0.4, 0.5) is 0 Å². The van der Waals surface area contributed by atoms with Crippen molar-refractivity contribution in [1.29, 1.82) is 0 Å². The van der Waals surface area contributed by atoms with Crippen LogP contribution in [0.25, 0.3) is 0 Å². The van der Waals surface area contributed by atoms with Crippen LogP contribution in [0, 0.1) is 10.1 Å². The normalized spacial score (nSPS) is 20.8. The van der Waals surface area contributed by atoms with E-state index in [2.05, 4.69) is 6.58 Å². The van der Waals surface area contributed by atoms with Crippen molar-refractivity contribution in [3.05, 3.63) is 22.3 Å². The molecule has 1 aliphatic carbocycles. The fraction of sp³-hybridized carbons (Fsp3) is 0.750. The minimum absolute atomic E-state index is 0.260. The molecule has 0 aliphatic heterocycles. The van der Waals surface area contributed by atoms with Crippen molar-refractivity contribution in [2.24, 2.45) is 0 Å². The monoisotopic (exact) mass is 187 g/mol. The first kappa shape index (κ1) is 9.58. The van der Waals surface area contributed by atoms with E-state index in [1.807, 2.05) is 6.92 Å². The first-order valence-electron chi connectivity index (χ1n) is 4.06. The summed E-state index contributed by atoms with van der Waals surface area (Å²) in [5.41, 5.74) is 0.946. The lowest BCUT2D eigenvalue weighted by molar-refractivity contribution is -0.286.